The maximum absolute atomic E-state index is 12.7. The van der Waals surface area contributed by atoms with E-state index in [0.29, 0.717) is 0 Å². The van der Waals surface area contributed by atoms with E-state index < -0.39 is 148 Å². The maximum Gasteiger partial charge on any atom is 0.364 e. The van der Waals surface area contributed by atoms with Crippen LogP contribution in [0, 0.1) is 0 Å². The summed E-state index contributed by atoms with van der Waals surface area (Å²) < 4.78 is 32.2. The third-order valence-electron chi connectivity index (χ3n) is 8.14. The summed E-state index contributed by atoms with van der Waals surface area (Å²) >= 11 is 0. The van der Waals surface area contributed by atoms with Crippen molar-refractivity contribution in [2.45, 2.75) is 125 Å². The second-order valence-electron chi connectivity index (χ2n) is 11.9. The number of carbonyl (C=O) groups excluding carboxylic acids is 3. The predicted molar refractivity (Wildman–Crippen MR) is 151 cm³/mol. The number of aliphatic hydroxyl groups excluding tert-OH is 9. The number of carboxylic acid groups (broad SMARTS) is 1. The van der Waals surface area contributed by atoms with E-state index in [1.54, 1.807) is 0 Å². The van der Waals surface area contributed by atoms with Crippen molar-refractivity contribution in [2.75, 3.05) is 19.8 Å². The van der Waals surface area contributed by atoms with Crippen molar-refractivity contribution in [3.05, 3.63) is 0 Å². The highest BCUT2D eigenvalue weighted by atomic mass is 16.8. The maximum atomic E-state index is 12.7. The normalized spacial score (nSPS) is 40.9. The minimum atomic E-state index is -3.02. The zero-order chi connectivity index (χ0) is 37.0. The number of carboxylic acids is 1. The number of hydrogen-bond acceptors (Lipinski definition) is 19. The van der Waals surface area contributed by atoms with Crippen molar-refractivity contribution in [1.82, 2.24) is 10.6 Å². The van der Waals surface area contributed by atoms with Gasteiger partial charge in [-0.1, -0.05) is 0 Å². The Morgan fingerprint density at radius 2 is 1.41 bits per heavy atom. The molecule has 2 amide bonds. The Morgan fingerprint density at radius 1 is 0.837 bits per heavy atom. The number of nitrogens with one attached hydrogen (secondary N) is 2. The van der Waals surface area contributed by atoms with Crippen molar-refractivity contribution in [3.63, 3.8) is 0 Å². The molecule has 0 saturated carbocycles. The van der Waals surface area contributed by atoms with E-state index in [9.17, 15) is 70.2 Å². The van der Waals surface area contributed by atoms with Crippen LogP contribution in [0.15, 0.2) is 0 Å². The lowest BCUT2D eigenvalue weighted by Crippen LogP contribution is -2.71. The van der Waals surface area contributed by atoms with Gasteiger partial charge in [0.2, 0.25) is 11.8 Å². The number of aliphatic carboxylic acids is 1. The van der Waals surface area contributed by atoms with Crippen LogP contribution in [0.3, 0.4) is 0 Å². The third-order valence-corrected chi connectivity index (χ3v) is 8.14. The second kappa shape index (κ2) is 17.0. The Hall–Kier alpha value is -2.68. The molecule has 3 heterocycles. The lowest BCUT2D eigenvalue weighted by molar-refractivity contribution is -0.380. The van der Waals surface area contributed by atoms with E-state index in [1.807, 2.05) is 0 Å². The Labute approximate surface area is 278 Å². The first-order valence-corrected chi connectivity index (χ1v) is 15.1. The molecule has 0 aromatic rings. The highest BCUT2D eigenvalue weighted by molar-refractivity contribution is 5.76. The molecular weight excluding hydrogens is 672 g/mol. The molecular formula is C27H44N2O20. The molecule has 3 aliphatic rings. The minimum Gasteiger partial charge on any atom is -0.477 e. The first-order valence-electron chi connectivity index (χ1n) is 15.1. The summed E-state index contributed by atoms with van der Waals surface area (Å²) in [6.07, 6.45) is -25.7. The van der Waals surface area contributed by atoms with E-state index in [2.05, 4.69) is 15.4 Å². The number of esters is 1. The van der Waals surface area contributed by atoms with Crippen LogP contribution in [0.25, 0.3) is 0 Å². The summed E-state index contributed by atoms with van der Waals surface area (Å²) in [7, 11) is 0. The molecule has 0 aromatic heterocycles. The predicted octanol–water partition coefficient (Wildman–Crippen LogP) is -7.51. The van der Waals surface area contributed by atoms with Gasteiger partial charge in [0.15, 0.2) is 12.6 Å². The molecule has 0 bridgehead atoms. The summed E-state index contributed by atoms with van der Waals surface area (Å²) in [4.78, 5) is 47.3. The van der Waals surface area contributed by atoms with Gasteiger partial charge in [-0.2, -0.15) is 0 Å². The highest BCUT2D eigenvalue weighted by Gasteiger charge is 2.60. The summed E-state index contributed by atoms with van der Waals surface area (Å²) in [5, 5.41) is 110. The topological polar surface area (TPSA) is 350 Å². The van der Waals surface area contributed by atoms with Gasteiger partial charge in [-0.25, -0.2) is 4.79 Å². The average Bonchev–Trinajstić information content (AvgIpc) is 3.02. The van der Waals surface area contributed by atoms with Gasteiger partial charge in [-0.3, -0.25) is 14.4 Å². The molecule has 0 aromatic carbocycles. The fraction of sp³-hybridized carbons (Fsp3) is 0.852. The summed E-state index contributed by atoms with van der Waals surface area (Å²) in [5.74, 6) is -7.27. The zero-order valence-corrected chi connectivity index (χ0v) is 26.5. The van der Waals surface area contributed by atoms with E-state index in [4.69, 9.17) is 23.7 Å². The molecule has 0 aliphatic carbocycles. The molecule has 282 valence electrons. The molecule has 22 nitrogen and oxygen atoms in total. The molecule has 3 fully saturated rings. The number of ether oxygens (including phenoxy) is 6. The average molecular weight is 717 g/mol. The van der Waals surface area contributed by atoms with Gasteiger partial charge < -0.3 is 90.1 Å². The van der Waals surface area contributed by atoms with Gasteiger partial charge >= 0.3 is 11.9 Å². The Bertz CT molecular complexity index is 1160. The summed E-state index contributed by atoms with van der Waals surface area (Å²) in [6, 6.07) is -3.05. The van der Waals surface area contributed by atoms with Crippen LogP contribution in [-0.2, 0) is 47.6 Å². The SMILES string of the molecule is CC(=O)N[C@H]1[C@H]([C@H](O)[C@H](O)COC(C)=O)O[C@@](O[C@@H]2[C@H](O)[C@@H](O)C(O[C@@H]3[C@H](O)[C@@H](NC(C)=O)C(O)O[C@@H]3CO)O[C@@H]2CO)(C(=O)O)C[C@@H]1O. The molecule has 0 radical (unpaired) electrons. The van der Waals surface area contributed by atoms with E-state index >= 15 is 0 Å². The molecule has 3 aliphatic heterocycles. The highest BCUT2D eigenvalue weighted by Crippen LogP contribution is 2.38. The lowest BCUT2D eigenvalue weighted by Gasteiger charge is -2.50. The smallest absolute Gasteiger partial charge is 0.364 e. The number of rotatable bonds is 13. The second-order valence-corrected chi connectivity index (χ2v) is 11.9. The van der Waals surface area contributed by atoms with Crippen molar-refractivity contribution >= 4 is 23.8 Å². The fourth-order valence-electron chi connectivity index (χ4n) is 5.77. The van der Waals surface area contributed by atoms with Gasteiger partial charge in [0.1, 0.15) is 73.7 Å². The van der Waals surface area contributed by atoms with Crippen LogP contribution >= 0.6 is 0 Å². The Balaban J connectivity index is 1.89. The van der Waals surface area contributed by atoms with Crippen LogP contribution in [-0.4, -0.2) is 192 Å². The van der Waals surface area contributed by atoms with Crippen LogP contribution in [0.2, 0.25) is 0 Å². The molecule has 49 heavy (non-hydrogen) atoms. The standard InChI is InChI=1S/C27H44N2O20/c1-8(32)28-15-11(35)4-27(26(42)43,49-23(15)17(37)12(36)7-44-10(3)34)48-22-14(6-31)46-25(20(40)19(22)39)47-21-13(5-30)45-24(41)16(18(21)38)29-9(2)33/h11-25,30-31,35-41H,4-7H2,1-3H3,(H,28,32)(H,29,33)(H,42,43)/t11-,12+,13+,14+,15+,16+,17+,18+,19+,20+,21-,22-,23+,24?,25?,27+/m0/s1. The van der Waals surface area contributed by atoms with Crippen molar-refractivity contribution in [1.29, 1.82) is 0 Å². The molecule has 3 rings (SSSR count). The quantitative estimate of drug-likeness (QED) is 0.0787. The Morgan fingerprint density at radius 3 is 1.94 bits per heavy atom. The minimum absolute atomic E-state index is 0.683. The first-order chi connectivity index (χ1) is 22.9. The van der Waals surface area contributed by atoms with Crippen molar-refractivity contribution in [3.8, 4) is 0 Å². The Kier molecular flexibility index (Phi) is 14.2. The van der Waals surface area contributed by atoms with E-state index in [0.717, 1.165) is 20.8 Å². The van der Waals surface area contributed by atoms with Gasteiger partial charge in [0.05, 0.1) is 25.4 Å². The van der Waals surface area contributed by atoms with Gasteiger partial charge in [-0.05, 0) is 0 Å². The molecule has 0 spiro atoms. The van der Waals surface area contributed by atoms with Crippen LogP contribution in [0.4, 0.5) is 0 Å². The monoisotopic (exact) mass is 716 g/mol. The van der Waals surface area contributed by atoms with Gasteiger partial charge in [0, 0.05) is 27.2 Å². The first kappa shape index (κ1) is 40.7. The largest absolute Gasteiger partial charge is 0.477 e. The fourth-order valence-corrected chi connectivity index (χ4v) is 5.77. The molecule has 16 atom stereocenters. The van der Waals surface area contributed by atoms with Gasteiger partial charge in [-0.15, -0.1) is 0 Å². The number of amides is 2. The number of carbonyl (C=O) groups is 4. The van der Waals surface area contributed by atoms with Crippen molar-refractivity contribution < 1.29 is 98.7 Å². The molecule has 3 saturated heterocycles. The molecule has 22 heteroatoms. The van der Waals surface area contributed by atoms with Crippen LogP contribution < -0.4 is 10.6 Å². The molecule has 2 unspecified atom stereocenters. The number of aliphatic hydroxyl groups is 9. The molecule has 12 N–H and O–H groups in total. The van der Waals surface area contributed by atoms with Crippen molar-refractivity contribution in [2.24, 2.45) is 0 Å². The zero-order valence-electron chi connectivity index (χ0n) is 26.5. The van der Waals surface area contributed by atoms with E-state index in [-0.39, 0.29) is 0 Å². The summed E-state index contributed by atoms with van der Waals surface area (Å²) in [5.41, 5.74) is 0. The van der Waals surface area contributed by atoms with Crippen LogP contribution in [0.5, 0.6) is 0 Å². The summed E-state index contributed by atoms with van der Waals surface area (Å²) in [6.45, 7) is 0.412. The van der Waals surface area contributed by atoms with E-state index in [1.165, 1.54) is 0 Å². The van der Waals surface area contributed by atoms with Gasteiger partial charge in [0.25, 0.3) is 5.79 Å². The number of hydrogen-bond donors (Lipinski definition) is 12. The lowest BCUT2D eigenvalue weighted by atomic mass is 9.88. The van der Waals surface area contributed by atoms with Crippen LogP contribution in [0.1, 0.15) is 27.2 Å². The third kappa shape index (κ3) is 9.36.